The van der Waals surface area contributed by atoms with Gasteiger partial charge in [0.25, 0.3) is 0 Å². The molecule has 0 spiro atoms. The highest BCUT2D eigenvalue weighted by Crippen LogP contribution is 2.30. The molecular weight excluding hydrogens is 356 g/mol. The first kappa shape index (κ1) is 19.8. The molecule has 26 heavy (non-hydrogen) atoms. The summed E-state index contributed by atoms with van der Waals surface area (Å²) < 4.78 is 38.4. The lowest BCUT2D eigenvalue weighted by atomic mass is 10.1. The Morgan fingerprint density at radius 3 is 2.12 bits per heavy atom. The average Bonchev–Trinajstić information content (AvgIpc) is 2.59. The number of carbonyl (C=O) groups is 1. The topological polar surface area (TPSA) is 78.9 Å². The van der Waals surface area contributed by atoms with Crippen molar-refractivity contribution in [3.63, 3.8) is 0 Å². The summed E-state index contributed by atoms with van der Waals surface area (Å²) in [6.07, 6.45) is 1.17. The van der Waals surface area contributed by atoms with Crippen molar-refractivity contribution in [3.05, 3.63) is 58.7 Å². The Hall–Kier alpha value is -2.54. The van der Waals surface area contributed by atoms with Crippen LogP contribution in [0.25, 0.3) is 0 Å². The Morgan fingerprint density at radius 1 is 1.00 bits per heavy atom. The lowest BCUT2D eigenvalue weighted by Crippen LogP contribution is -2.07. The van der Waals surface area contributed by atoms with Crippen LogP contribution in [0.1, 0.15) is 27.0 Å². The largest absolute Gasteiger partial charge is 0.493 e. The maximum Gasteiger partial charge on any atom is 0.338 e. The summed E-state index contributed by atoms with van der Waals surface area (Å²) in [7, 11) is -0.00935. The lowest BCUT2D eigenvalue weighted by Gasteiger charge is -2.13. The van der Waals surface area contributed by atoms with E-state index < -0.39 is 15.8 Å². The molecule has 0 aliphatic rings. The summed E-state index contributed by atoms with van der Waals surface area (Å²) >= 11 is 0. The molecule has 0 atom stereocenters. The van der Waals surface area contributed by atoms with Crippen molar-refractivity contribution in [2.45, 2.75) is 19.3 Å². The number of methoxy groups -OCH3 is 2. The smallest absolute Gasteiger partial charge is 0.338 e. The fourth-order valence-corrected chi connectivity index (χ4v) is 3.24. The van der Waals surface area contributed by atoms with E-state index >= 15 is 0 Å². The number of sulfone groups is 1. The van der Waals surface area contributed by atoms with Crippen molar-refractivity contribution in [1.82, 2.24) is 0 Å². The van der Waals surface area contributed by atoms with Crippen molar-refractivity contribution in [3.8, 4) is 11.5 Å². The molecule has 0 bridgehead atoms. The summed E-state index contributed by atoms with van der Waals surface area (Å²) in [5.74, 6) is 0.633. The second-order valence-corrected chi connectivity index (χ2v) is 8.12. The number of benzene rings is 2. The minimum Gasteiger partial charge on any atom is -0.493 e. The van der Waals surface area contributed by atoms with Gasteiger partial charge < -0.3 is 14.2 Å². The zero-order valence-corrected chi connectivity index (χ0v) is 16.1. The van der Waals surface area contributed by atoms with Gasteiger partial charge in [0.2, 0.25) is 0 Å². The minimum absolute atomic E-state index is 0.0623. The van der Waals surface area contributed by atoms with Gasteiger partial charge in [0.05, 0.1) is 25.5 Å². The van der Waals surface area contributed by atoms with Gasteiger partial charge in [0, 0.05) is 6.26 Å². The Kier molecular flexibility index (Phi) is 6.26. The van der Waals surface area contributed by atoms with Crippen LogP contribution >= 0.6 is 0 Å². The fourth-order valence-electron chi connectivity index (χ4n) is 2.44. The van der Waals surface area contributed by atoms with Gasteiger partial charge in [-0.05, 0) is 47.9 Å². The monoisotopic (exact) mass is 378 g/mol. The predicted octanol–water partition coefficient (Wildman–Crippen LogP) is 2.91. The van der Waals surface area contributed by atoms with Crippen molar-refractivity contribution in [1.29, 1.82) is 0 Å². The number of aryl methyl sites for hydroxylation is 1. The molecular formula is C19H22O6S. The Bertz CT molecular complexity index is 885. The molecule has 7 heteroatoms. The van der Waals surface area contributed by atoms with E-state index in [9.17, 15) is 13.2 Å². The molecule has 0 aromatic heterocycles. The minimum atomic E-state index is -3.11. The predicted molar refractivity (Wildman–Crippen MR) is 98.4 cm³/mol. The van der Waals surface area contributed by atoms with Crippen LogP contribution in [-0.2, 0) is 26.9 Å². The molecule has 0 saturated heterocycles. The number of rotatable bonds is 7. The van der Waals surface area contributed by atoms with E-state index in [0.717, 1.165) is 11.1 Å². The van der Waals surface area contributed by atoms with Gasteiger partial charge in [-0.2, -0.15) is 0 Å². The van der Waals surface area contributed by atoms with Crippen molar-refractivity contribution >= 4 is 15.8 Å². The van der Waals surface area contributed by atoms with Gasteiger partial charge in [-0.25, -0.2) is 13.2 Å². The third-order valence-corrected chi connectivity index (χ3v) is 4.68. The number of esters is 1. The number of carbonyl (C=O) groups excluding carboxylic acids is 1. The van der Waals surface area contributed by atoms with Crippen LogP contribution in [-0.4, -0.2) is 34.9 Å². The van der Waals surface area contributed by atoms with E-state index in [4.69, 9.17) is 14.2 Å². The summed E-state index contributed by atoms with van der Waals surface area (Å²) in [6.45, 7) is 1.99. The first-order valence-corrected chi connectivity index (χ1v) is 9.95. The van der Waals surface area contributed by atoms with Crippen LogP contribution in [0.3, 0.4) is 0 Å². The van der Waals surface area contributed by atoms with E-state index in [1.165, 1.54) is 6.26 Å². The van der Waals surface area contributed by atoms with Gasteiger partial charge in [-0.3, -0.25) is 0 Å². The SMILES string of the molecule is COc1cc(C)c(COC(=O)c2ccc(CS(C)(=O)=O)cc2)cc1OC. The third-order valence-electron chi connectivity index (χ3n) is 3.82. The quantitative estimate of drug-likeness (QED) is 0.690. The molecule has 0 radical (unpaired) electrons. The van der Waals surface area contributed by atoms with E-state index in [0.29, 0.717) is 22.6 Å². The maximum absolute atomic E-state index is 12.2. The first-order chi connectivity index (χ1) is 12.2. The summed E-state index contributed by atoms with van der Waals surface area (Å²) in [5, 5.41) is 0. The van der Waals surface area contributed by atoms with Crippen LogP contribution in [0.15, 0.2) is 36.4 Å². The summed E-state index contributed by atoms with van der Waals surface area (Å²) in [4.78, 5) is 12.2. The van der Waals surface area contributed by atoms with Crippen molar-refractivity contribution in [2.24, 2.45) is 0 Å². The average molecular weight is 378 g/mol. The Balaban J connectivity index is 2.07. The zero-order chi connectivity index (χ0) is 19.3. The Labute approximate surface area is 153 Å². The molecule has 140 valence electrons. The number of ether oxygens (including phenoxy) is 3. The van der Waals surface area contributed by atoms with E-state index in [1.54, 1.807) is 44.6 Å². The molecule has 2 aromatic rings. The normalized spacial score (nSPS) is 11.1. The number of hydrogen-bond donors (Lipinski definition) is 0. The second kappa shape index (κ2) is 8.23. The van der Waals surface area contributed by atoms with E-state index in [2.05, 4.69) is 0 Å². The van der Waals surface area contributed by atoms with Crippen LogP contribution in [0.2, 0.25) is 0 Å². The molecule has 0 unspecified atom stereocenters. The third kappa shape index (κ3) is 5.23. The molecule has 0 amide bonds. The maximum atomic E-state index is 12.2. The molecule has 6 nitrogen and oxygen atoms in total. The second-order valence-electron chi connectivity index (χ2n) is 5.98. The number of hydrogen-bond acceptors (Lipinski definition) is 6. The van der Waals surface area contributed by atoms with Gasteiger partial charge in [-0.1, -0.05) is 12.1 Å². The highest BCUT2D eigenvalue weighted by Gasteiger charge is 2.13. The van der Waals surface area contributed by atoms with Crippen molar-refractivity contribution < 1.29 is 27.4 Å². The highest BCUT2D eigenvalue weighted by atomic mass is 32.2. The standard InChI is InChI=1S/C19H22O6S/c1-13-9-17(23-2)18(24-3)10-16(13)11-25-19(20)15-7-5-14(6-8-15)12-26(4,21)22/h5-10H,11-12H2,1-4H3. The summed E-state index contributed by atoms with van der Waals surface area (Å²) in [5.41, 5.74) is 2.71. The molecule has 0 aliphatic carbocycles. The van der Waals surface area contributed by atoms with Gasteiger partial charge >= 0.3 is 5.97 Å². The Morgan fingerprint density at radius 2 is 1.58 bits per heavy atom. The van der Waals surface area contributed by atoms with Crippen molar-refractivity contribution in [2.75, 3.05) is 20.5 Å². The molecule has 2 aromatic carbocycles. The van der Waals surface area contributed by atoms with Crippen LogP contribution in [0.5, 0.6) is 11.5 Å². The summed E-state index contributed by atoms with van der Waals surface area (Å²) in [6, 6.07) is 9.94. The molecule has 0 saturated carbocycles. The molecule has 0 N–H and O–H groups in total. The molecule has 0 fully saturated rings. The van der Waals surface area contributed by atoms with Crippen LogP contribution in [0, 0.1) is 6.92 Å². The van der Waals surface area contributed by atoms with Gasteiger partial charge in [0.15, 0.2) is 21.3 Å². The zero-order valence-electron chi connectivity index (χ0n) is 15.2. The molecule has 0 aliphatic heterocycles. The van der Waals surface area contributed by atoms with E-state index in [-0.39, 0.29) is 12.4 Å². The van der Waals surface area contributed by atoms with Gasteiger partial charge in [0.1, 0.15) is 6.61 Å². The van der Waals surface area contributed by atoms with Crippen LogP contribution < -0.4 is 9.47 Å². The van der Waals surface area contributed by atoms with E-state index in [1.807, 2.05) is 13.0 Å². The lowest BCUT2D eigenvalue weighted by molar-refractivity contribution is 0.0472. The highest BCUT2D eigenvalue weighted by molar-refractivity contribution is 7.89. The van der Waals surface area contributed by atoms with Gasteiger partial charge in [-0.15, -0.1) is 0 Å². The first-order valence-electron chi connectivity index (χ1n) is 7.89. The fraction of sp³-hybridized carbons (Fsp3) is 0.316. The van der Waals surface area contributed by atoms with Crippen LogP contribution in [0.4, 0.5) is 0 Å². The molecule has 0 heterocycles. The molecule has 2 rings (SSSR count).